The lowest BCUT2D eigenvalue weighted by molar-refractivity contribution is -0.127. The molecule has 1 aromatic heterocycles. The summed E-state index contributed by atoms with van der Waals surface area (Å²) in [4.78, 5) is 19.2. The average Bonchev–Trinajstić information content (AvgIpc) is 3.28. The Hall–Kier alpha value is -3.02. The lowest BCUT2D eigenvalue weighted by Crippen LogP contribution is -2.43. The van der Waals surface area contributed by atoms with E-state index in [-0.39, 0.29) is 23.9 Å². The summed E-state index contributed by atoms with van der Waals surface area (Å²) in [5.74, 6) is 2.63. The molecule has 0 saturated heterocycles. The molecule has 6 heteroatoms. The molecule has 186 valence electrons. The zero-order chi connectivity index (χ0) is 24.2. The Kier molecular flexibility index (Phi) is 7.26. The monoisotopic (exact) mass is 475 g/mol. The second-order valence-electron chi connectivity index (χ2n) is 10.0. The van der Waals surface area contributed by atoms with Crippen LogP contribution < -0.4 is 14.8 Å². The van der Waals surface area contributed by atoms with Crippen LogP contribution >= 0.6 is 0 Å². The molecule has 2 aliphatic carbocycles. The molecule has 2 fully saturated rings. The van der Waals surface area contributed by atoms with Gasteiger partial charge in [-0.05, 0) is 61.9 Å². The first-order valence-corrected chi connectivity index (χ1v) is 13.2. The minimum absolute atomic E-state index is 0.134. The fourth-order valence-electron chi connectivity index (χ4n) is 6.03. The van der Waals surface area contributed by atoms with Crippen molar-refractivity contribution < 1.29 is 14.3 Å². The molecule has 1 amide bonds. The number of carbonyl (C=O) groups excluding carboxylic acids is 1. The van der Waals surface area contributed by atoms with Gasteiger partial charge < -0.3 is 19.4 Å². The smallest absolute Gasteiger partial charge is 0.243 e. The highest BCUT2D eigenvalue weighted by Gasteiger charge is 2.35. The van der Waals surface area contributed by atoms with Gasteiger partial charge in [0.05, 0.1) is 30.8 Å². The van der Waals surface area contributed by atoms with Crippen molar-refractivity contribution in [1.82, 2.24) is 14.9 Å². The summed E-state index contributed by atoms with van der Waals surface area (Å²) in [6.45, 7) is 0. The molecule has 1 unspecified atom stereocenters. The Morgan fingerprint density at radius 3 is 2.37 bits per heavy atom. The molecular formula is C29H37N3O3. The molecule has 6 nitrogen and oxygen atoms in total. The lowest BCUT2D eigenvalue weighted by Gasteiger charge is -2.34. The minimum atomic E-state index is -0.310. The van der Waals surface area contributed by atoms with Crippen molar-refractivity contribution in [3.8, 4) is 22.9 Å². The van der Waals surface area contributed by atoms with Gasteiger partial charge in [0.2, 0.25) is 5.91 Å². The molecule has 5 rings (SSSR count). The van der Waals surface area contributed by atoms with Gasteiger partial charge in [-0.3, -0.25) is 4.79 Å². The van der Waals surface area contributed by atoms with Gasteiger partial charge in [-0.1, -0.05) is 50.7 Å². The highest BCUT2D eigenvalue weighted by atomic mass is 16.5. The number of hydrogen-bond acceptors (Lipinski definition) is 4. The maximum absolute atomic E-state index is 14.1. The van der Waals surface area contributed by atoms with E-state index in [0.717, 1.165) is 59.6 Å². The van der Waals surface area contributed by atoms with Gasteiger partial charge in [-0.2, -0.15) is 0 Å². The largest absolute Gasteiger partial charge is 0.497 e. The molecule has 1 heterocycles. The van der Waals surface area contributed by atoms with E-state index in [1.165, 1.54) is 38.5 Å². The molecule has 0 radical (unpaired) electrons. The summed E-state index contributed by atoms with van der Waals surface area (Å²) < 4.78 is 13.5. The quantitative estimate of drug-likeness (QED) is 0.436. The second-order valence-corrected chi connectivity index (χ2v) is 10.0. The first kappa shape index (κ1) is 23.7. The molecule has 1 N–H and O–H groups in total. The number of rotatable bonds is 7. The van der Waals surface area contributed by atoms with E-state index in [1.54, 1.807) is 14.2 Å². The fraction of sp³-hybridized carbons (Fsp3) is 0.517. The van der Waals surface area contributed by atoms with E-state index in [4.69, 9.17) is 14.5 Å². The van der Waals surface area contributed by atoms with E-state index < -0.39 is 0 Å². The molecule has 3 aromatic rings. The number of imidazole rings is 1. The lowest BCUT2D eigenvalue weighted by atomic mass is 9.82. The Morgan fingerprint density at radius 2 is 1.66 bits per heavy atom. The highest BCUT2D eigenvalue weighted by molar-refractivity contribution is 5.88. The fourth-order valence-corrected chi connectivity index (χ4v) is 6.03. The number of benzene rings is 2. The molecule has 0 bridgehead atoms. The van der Waals surface area contributed by atoms with Gasteiger partial charge >= 0.3 is 0 Å². The molecule has 1 atom stereocenters. The second kappa shape index (κ2) is 10.7. The molecular weight excluding hydrogens is 438 g/mol. The van der Waals surface area contributed by atoms with Crippen molar-refractivity contribution in [2.24, 2.45) is 5.92 Å². The van der Waals surface area contributed by atoms with Crippen LogP contribution in [0.2, 0.25) is 0 Å². The van der Waals surface area contributed by atoms with Gasteiger partial charge in [0.15, 0.2) is 0 Å². The first-order valence-electron chi connectivity index (χ1n) is 13.2. The Bertz CT molecular complexity index is 1160. The van der Waals surface area contributed by atoms with Crippen LogP contribution in [0.5, 0.6) is 11.5 Å². The third kappa shape index (κ3) is 4.89. The van der Waals surface area contributed by atoms with Crippen molar-refractivity contribution in [2.45, 2.75) is 76.3 Å². The molecule has 2 saturated carbocycles. The third-order valence-electron chi connectivity index (χ3n) is 7.84. The topological polar surface area (TPSA) is 65.4 Å². The number of carbonyl (C=O) groups is 1. The average molecular weight is 476 g/mol. The zero-order valence-electron chi connectivity index (χ0n) is 21.0. The zero-order valence-corrected chi connectivity index (χ0v) is 21.0. The van der Waals surface area contributed by atoms with E-state index in [2.05, 4.69) is 16.0 Å². The summed E-state index contributed by atoms with van der Waals surface area (Å²) in [5.41, 5.74) is 2.72. The van der Waals surface area contributed by atoms with Crippen LogP contribution in [0.3, 0.4) is 0 Å². The summed E-state index contributed by atoms with van der Waals surface area (Å²) in [6, 6.07) is 13.9. The summed E-state index contributed by atoms with van der Waals surface area (Å²) in [5, 5.41) is 3.46. The highest BCUT2D eigenvalue weighted by Crippen LogP contribution is 2.41. The van der Waals surface area contributed by atoms with Crippen LogP contribution in [0.15, 0.2) is 42.5 Å². The normalized spacial score (nSPS) is 18.3. The van der Waals surface area contributed by atoms with E-state index in [0.29, 0.717) is 0 Å². The third-order valence-corrected chi connectivity index (χ3v) is 7.84. The van der Waals surface area contributed by atoms with E-state index >= 15 is 0 Å². The Balaban J connectivity index is 1.66. The summed E-state index contributed by atoms with van der Waals surface area (Å²) >= 11 is 0. The molecule has 0 aliphatic heterocycles. The van der Waals surface area contributed by atoms with Gasteiger partial charge in [0, 0.05) is 6.04 Å². The Labute approximate surface area is 208 Å². The number of methoxy groups -OCH3 is 2. The van der Waals surface area contributed by atoms with Crippen molar-refractivity contribution >= 4 is 16.9 Å². The van der Waals surface area contributed by atoms with Crippen LogP contribution in [0.25, 0.3) is 22.4 Å². The number of ether oxygens (including phenoxy) is 2. The minimum Gasteiger partial charge on any atom is -0.497 e. The molecule has 2 aliphatic rings. The van der Waals surface area contributed by atoms with Gasteiger partial charge in [-0.25, -0.2) is 4.98 Å². The molecule has 2 aromatic carbocycles. The van der Waals surface area contributed by atoms with Gasteiger partial charge in [0.25, 0.3) is 0 Å². The number of fused-ring (bicyclic) bond motifs is 1. The van der Waals surface area contributed by atoms with Crippen molar-refractivity contribution in [3.05, 3.63) is 42.5 Å². The number of nitrogens with zero attached hydrogens (tertiary/aromatic N) is 2. The van der Waals surface area contributed by atoms with Crippen molar-refractivity contribution in [3.63, 3.8) is 0 Å². The number of hydrogen-bond donors (Lipinski definition) is 1. The first-order chi connectivity index (χ1) is 17.2. The number of aromatic nitrogens is 2. The standard InChI is InChI=1S/C29H37N3O3/c1-34-22-17-18-26(35-2)23(19-22)28-31-24-15-9-10-16-25(24)32(28)27(20-11-5-3-6-12-20)29(33)30-21-13-7-4-8-14-21/h9-10,15-21,27H,3-8,11-14H2,1-2H3,(H,30,33). The SMILES string of the molecule is COc1ccc(OC)c(-c2nc3ccccc3n2C(C(=O)NC2CCCCC2)C2CCCCC2)c1. The van der Waals surface area contributed by atoms with E-state index in [9.17, 15) is 4.79 Å². The number of amides is 1. The maximum atomic E-state index is 14.1. The summed E-state index contributed by atoms with van der Waals surface area (Å²) in [6.07, 6.45) is 11.5. The Morgan fingerprint density at radius 1 is 0.943 bits per heavy atom. The van der Waals surface area contributed by atoms with Crippen molar-refractivity contribution in [2.75, 3.05) is 14.2 Å². The summed E-state index contributed by atoms with van der Waals surface area (Å²) in [7, 11) is 3.34. The van der Waals surface area contributed by atoms with Gasteiger partial charge in [0.1, 0.15) is 23.4 Å². The number of nitrogens with one attached hydrogen (secondary N) is 1. The van der Waals surface area contributed by atoms with Crippen LogP contribution in [0.4, 0.5) is 0 Å². The predicted molar refractivity (Wildman–Crippen MR) is 139 cm³/mol. The van der Waals surface area contributed by atoms with Crippen molar-refractivity contribution in [1.29, 1.82) is 0 Å². The van der Waals surface area contributed by atoms with Crippen LogP contribution in [0.1, 0.15) is 70.3 Å². The van der Waals surface area contributed by atoms with Gasteiger partial charge in [-0.15, -0.1) is 0 Å². The van der Waals surface area contributed by atoms with Crippen LogP contribution in [-0.2, 0) is 4.79 Å². The van der Waals surface area contributed by atoms with Crippen LogP contribution in [0, 0.1) is 5.92 Å². The molecule has 35 heavy (non-hydrogen) atoms. The predicted octanol–water partition coefficient (Wildman–Crippen LogP) is 6.29. The maximum Gasteiger partial charge on any atom is 0.243 e. The molecule has 0 spiro atoms. The van der Waals surface area contributed by atoms with E-state index in [1.807, 2.05) is 36.4 Å². The van der Waals surface area contributed by atoms with Crippen LogP contribution in [-0.4, -0.2) is 35.7 Å². The number of para-hydroxylation sites is 2.